The zero-order chi connectivity index (χ0) is 16.1. The van der Waals surface area contributed by atoms with Crippen molar-refractivity contribution in [2.24, 2.45) is 0 Å². The summed E-state index contributed by atoms with van der Waals surface area (Å²) < 4.78 is 7.15. The third-order valence-corrected chi connectivity index (χ3v) is 4.99. The van der Waals surface area contributed by atoms with Gasteiger partial charge in [-0.2, -0.15) is 11.8 Å². The molecule has 0 N–H and O–H groups in total. The molecule has 0 radical (unpaired) electrons. The van der Waals surface area contributed by atoms with Gasteiger partial charge in [0.25, 0.3) is 5.91 Å². The number of amides is 1. The molecule has 0 aliphatic carbocycles. The maximum Gasteiger partial charge on any atom is 0.260 e. The van der Waals surface area contributed by atoms with Crippen molar-refractivity contribution >= 4 is 17.7 Å². The van der Waals surface area contributed by atoms with E-state index < -0.39 is 0 Å². The number of carbonyl (C=O) groups is 1. The first kappa shape index (κ1) is 15.8. The molecule has 2 aromatic rings. The molecule has 0 saturated carbocycles. The van der Waals surface area contributed by atoms with E-state index in [0.717, 1.165) is 30.0 Å². The van der Waals surface area contributed by atoms with E-state index in [2.05, 4.69) is 15.5 Å². The highest BCUT2D eigenvalue weighted by Gasteiger charge is 2.22. The largest absolute Gasteiger partial charge is 0.484 e. The van der Waals surface area contributed by atoms with Crippen molar-refractivity contribution in [3.8, 4) is 11.4 Å². The molecule has 8 heteroatoms. The standard InChI is InChI=1S/C15H19N5O2S/c1-19(12-6-8-23-9-7-12)15(21)10-22-14-4-2-13(3-5-14)20-11-16-17-18-20/h2-5,11-12H,6-10H2,1H3. The Hall–Kier alpha value is -2.09. The predicted octanol–water partition coefficient (Wildman–Crippen LogP) is 1.40. The lowest BCUT2D eigenvalue weighted by Crippen LogP contribution is -2.41. The average Bonchev–Trinajstić information content (AvgIpc) is 3.15. The molecule has 1 aromatic carbocycles. The van der Waals surface area contributed by atoms with Crippen LogP contribution in [0.15, 0.2) is 30.6 Å². The molecule has 1 saturated heterocycles. The Morgan fingerprint density at radius 2 is 2.09 bits per heavy atom. The van der Waals surface area contributed by atoms with E-state index in [-0.39, 0.29) is 12.5 Å². The highest BCUT2D eigenvalue weighted by molar-refractivity contribution is 7.99. The first-order chi connectivity index (χ1) is 11.2. The number of ether oxygens (including phenoxy) is 1. The Labute approximate surface area is 139 Å². The molecule has 1 amide bonds. The van der Waals surface area contributed by atoms with Crippen LogP contribution in [-0.2, 0) is 4.79 Å². The molecule has 122 valence electrons. The number of likely N-dealkylation sites (N-methyl/N-ethyl adjacent to an activating group) is 1. The monoisotopic (exact) mass is 333 g/mol. The summed E-state index contributed by atoms with van der Waals surface area (Å²) in [5.74, 6) is 2.93. The predicted molar refractivity (Wildman–Crippen MR) is 87.8 cm³/mol. The van der Waals surface area contributed by atoms with Crippen molar-refractivity contribution in [2.45, 2.75) is 18.9 Å². The number of aromatic nitrogens is 4. The average molecular weight is 333 g/mol. The van der Waals surface area contributed by atoms with E-state index in [1.165, 1.54) is 6.33 Å². The molecule has 0 unspecified atom stereocenters. The van der Waals surface area contributed by atoms with E-state index in [1.54, 1.807) is 4.68 Å². The van der Waals surface area contributed by atoms with Crippen LogP contribution in [0.2, 0.25) is 0 Å². The van der Waals surface area contributed by atoms with E-state index in [0.29, 0.717) is 11.8 Å². The smallest absolute Gasteiger partial charge is 0.260 e. The van der Waals surface area contributed by atoms with E-state index >= 15 is 0 Å². The molecule has 0 bridgehead atoms. The first-order valence-electron chi connectivity index (χ1n) is 7.53. The number of benzene rings is 1. The number of tetrazole rings is 1. The Balaban J connectivity index is 1.52. The molecule has 1 aromatic heterocycles. The second-order valence-electron chi connectivity index (χ2n) is 5.39. The van der Waals surface area contributed by atoms with Crippen molar-refractivity contribution < 1.29 is 9.53 Å². The van der Waals surface area contributed by atoms with Crippen LogP contribution in [0.5, 0.6) is 5.75 Å². The zero-order valence-electron chi connectivity index (χ0n) is 13.0. The molecule has 23 heavy (non-hydrogen) atoms. The van der Waals surface area contributed by atoms with Gasteiger partial charge in [0, 0.05) is 13.1 Å². The molecular formula is C15H19N5O2S. The Bertz CT molecular complexity index is 626. The summed E-state index contributed by atoms with van der Waals surface area (Å²) in [6.07, 6.45) is 3.65. The lowest BCUT2D eigenvalue weighted by molar-refractivity contribution is -0.134. The maximum absolute atomic E-state index is 12.2. The number of hydrogen-bond donors (Lipinski definition) is 0. The zero-order valence-corrected chi connectivity index (χ0v) is 13.8. The van der Waals surface area contributed by atoms with Gasteiger partial charge in [-0.05, 0) is 59.0 Å². The van der Waals surface area contributed by atoms with Gasteiger partial charge in [-0.25, -0.2) is 4.68 Å². The summed E-state index contributed by atoms with van der Waals surface area (Å²) in [6.45, 7) is 0.0599. The Morgan fingerprint density at radius 3 is 2.74 bits per heavy atom. The quantitative estimate of drug-likeness (QED) is 0.823. The van der Waals surface area contributed by atoms with Crippen molar-refractivity contribution in [2.75, 3.05) is 25.2 Å². The van der Waals surface area contributed by atoms with Gasteiger partial charge in [-0.3, -0.25) is 4.79 Å². The van der Waals surface area contributed by atoms with Crippen LogP contribution in [0.3, 0.4) is 0 Å². The van der Waals surface area contributed by atoms with Gasteiger partial charge >= 0.3 is 0 Å². The summed E-state index contributed by atoms with van der Waals surface area (Å²) in [6, 6.07) is 7.65. The van der Waals surface area contributed by atoms with Crippen molar-refractivity contribution in [1.29, 1.82) is 0 Å². The molecule has 1 aliphatic heterocycles. The molecule has 0 spiro atoms. The first-order valence-corrected chi connectivity index (χ1v) is 8.69. The summed E-state index contributed by atoms with van der Waals surface area (Å²) in [4.78, 5) is 14.1. The van der Waals surface area contributed by atoms with Crippen LogP contribution in [0, 0.1) is 0 Å². The summed E-state index contributed by atoms with van der Waals surface area (Å²) in [7, 11) is 1.87. The number of rotatable bonds is 5. The van der Waals surface area contributed by atoms with Gasteiger partial charge in [-0.1, -0.05) is 0 Å². The Kier molecular flexibility index (Phi) is 5.12. The number of carbonyl (C=O) groups excluding carboxylic acids is 1. The summed E-state index contributed by atoms with van der Waals surface area (Å²) >= 11 is 1.95. The van der Waals surface area contributed by atoms with Crippen LogP contribution in [-0.4, -0.2) is 62.2 Å². The van der Waals surface area contributed by atoms with Gasteiger partial charge in [0.1, 0.15) is 12.1 Å². The van der Waals surface area contributed by atoms with Crippen molar-refractivity contribution in [3.05, 3.63) is 30.6 Å². The lowest BCUT2D eigenvalue weighted by Gasteiger charge is -2.30. The molecule has 1 fully saturated rings. The molecule has 0 atom stereocenters. The summed E-state index contributed by atoms with van der Waals surface area (Å²) in [5.41, 5.74) is 0.838. The van der Waals surface area contributed by atoms with E-state index in [4.69, 9.17) is 4.74 Å². The second kappa shape index (κ2) is 7.45. The fourth-order valence-corrected chi connectivity index (χ4v) is 3.58. The third kappa shape index (κ3) is 4.01. The molecular weight excluding hydrogens is 314 g/mol. The maximum atomic E-state index is 12.2. The van der Waals surface area contributed by atoms with E-state index in [9.17, 15) is 4.79 Å². The highest BCUT2D eigenvalue weighted by atomic mass is 32.2. The minimum atomic E-state index is 0.0199. The number of nitrogens with zero attached hydrogens (tertiary/aromatic N) is 5. The van der Waals surface area contributed by atoms with Crippen LogP contribution < -0.4 is 4.74 Å². The minimum absolute atomic E-state index is 0.0199. The number of thioether (sulfide) groups is 1. The van der Waals surface area contributed by atoms with Crippen molar-refractivity contribution in [1.82, 2.24) is 25.1 Å². The van der Waals surface area contributed by atoms with Gasteiger partial charge < -0.3 is 9.64 Å². The van der Waals surface area contributed by atoms with Gasteiger partial charge in [0.2, 0.25) is 0 Å². The summed E-state index contributed by atoms with van der Waals surface area (Å²) in [5, 5.41) is 11.0. The van der Waals surface area contributed by atoms with Gasteiger partial charge in [0.15, 0.2) is 6.61 Å². The normalized spacial score (nSPS) is 15.3. The Morgan fingerprint density at radius 1 is 1.35 bits per heavy atom. The van der Waals surface area contributed by atoms with Crippen LogP contribution in [0.1, 0.15) is 12.8 Å². The molecule has 1 aliphatic rings. The van der Waals surface area contributed by atoms with Crippen LogP contribution in [0.25, 0.3) is 5.69 Å². The number of hydrogen-bond acceptors (Lipinski definition) is 6. The lowest BCUT2D eigenvalue weighted by atomic mass is 10.1. The van der Waals surface area contributed by atoms with Crippen LogP contribution >= 0.6 is 11.8 Å². The fourth-order valence-electron chi connectivity index (χ4n) is 2.50. The van der Waals surface area contributed by atoms with Crippen LogP contribution in [0.4, 0.5) is 0 Å². The second-order valence-corrected chi connectivity index (χ2v) is 6.61. The minimum Gasteiger partial charge on any atom is -0.484 e. The van der Waals surface area contributed by atoms with E-state index in [1.807, 2.05) is 48.0 Å². The van der Waals surface area contributed by atoms with Crippen molar-refractivity contribution in [3.63, 3.8) is 0 Å². The molecule has 2 heterocycles. The fraction of sp³-hybridized carbons (Fsp3) is 0.467. The third-order valence-electron chi connectivity index (χ3n) is 3.94. The topological polar surface area (TPSA) is 73.1 Å². The molecule has 7 nitrogen and oxygen atoms in total. The van der Waals surface area contributed by atoms with Gasteiger partial charge in [0.05, 0.1) is 5.69 Å². The van der Waals surface area contributed by atoms with Gasteiger partial charge in [-0.15, -0.1) is 5.10 Å². The SMILES string of the molecule is CN(C(=O)COc1ccc(-n2cnnn2)cc1)C1CCSCC1. The molecule has 3 rings (SSSR count). The highest BCUT2D eigenvalue weighted by Crippen LogP contribution is 2.21.